The molecule has 0 heterocycles. The van der Waals surface area contributed by atoms with E-state index < -0.39 is 0 Å². The zero-order chi connectivity index (χ0) is 5.82. The Hall–Kier alpha value is 1.16. The molecule has 0 unspecified atom stereocenters. The van der Waals surface area contributed by atoms with Gasteiger partial charge >= 0.3 is 59.7 Å². The summed E-state index contributed by atoms with van der Waals surface area (Å²) in [6, 6.07) is 9.76. The molecule has 0 aliphatic rings. The predicted molar refractivity (Wildman–Crippen MR) is 27.1 cm³/mol. The van der Waals surface area contributed by atoms with Crippen molar-refractivity contribution in [3.63, 3.8) is 0 Å². The predicted octanol–water partition coefficient (Wildman–Crippen LogP) is -13.5. The van der Waals surface area contributed by atoms with Crippen molar-refractivity contribution in [2.45, 2.75) is 0 Å². The zero-order valence-corrected chi connectivity index (χ0v) is 12.8. The van der Waals surface area contributed by atoms with E-state index in [4.69, 9.17) is 3.39 Å². The molecule has 1 aromatic rings. The summed E-state index contributed by atoms with van der Waals surface area (Å²) in [5.74, 6) is 0.947. The minimum atomic E-state index is 0. The monoisotopic (exact) mass is 452 g/mol. The van der Waals surface area contributed by atoms with Crippen molar-refractivity contribution in [1.82, 2.24) is 0 Å². The van der Waals surface area contributed by atoms with Gasteiger partial charge in [-0.2, -0.15) is 0 Å². The fourth-order valence-corrected chi connectivity index (χ4v) is 0.875. The van der Waals surface area contributed by atoms with Gasteiger partial charge in [-0.15, -0.1) is 0 Å². The molecule has 0 atom stereocenters. The molecule has 1 rings (SSSR count). The third kappa shape index (κ3) is 13.2. The second-order valence-corrected chi connectivity index (χ2v) is 2.00. The van der Waals surface area contributed by atoms with Crippen LogP contribution in [0, 0.1) is 0 Å². The van der Waals surface area contributed by atoms with Crippen molar-refractivity contribution in [3.05, 3.63) is 30.3 Å². The molecule has 1 aromatic carbocycles. The third-order valence-corrected chi connectivity index (χ3v) is 1.53. The fourth-order valence-electron chi connectivity index (χ4n) is 0.476. The molecule has 0 saturated heterocycles. The van der Waals surface area contributed by atoms with Crippen molar-refractivity contribution in [2.75, 3.05) is 0 Å². The number of para-hydroxylation sites is 1. The zero-order valence-electron chi connectivity index (χ0n) is 6.09. The molecule has 0 radical (unpaired) electrons. The van der Waals surface area contributed by atoms with Gasteiger partial charge in [-0.3, -0.25) is 0 Å². The van der Waals surface area contributed by atoms with Crippen LogP contribution in [-0.4, -0.2) is 0 Å². The molecule has 76 valence electrons. The van der Waals surface area contributed by atoms with Gasteiger partial charge in [0.1, 0.15) is 0 Å². The van der Waals surface area contributed by atoms with E-state index in [0.29, 0.717) is 0 Å². The molecule has 13 heavy (non-hydrogen) atoms. The summed E-state index contributed by atoms with van der Waals surface area (Å²) in [7, 11) is 0. The molecule has 0 aliphatic heterocycles. The first-order valence-corrected chi connectivity index (χ1v) is 3.48. The summed E-state index contributed by atoms with van der Waals surface area (Å²) in [6.45, 7) is 0. The Labute approximate surface area is 121 Å². The molecule has 1 nitrogen and oxygen atoms in total. The molecule has 0 aromatic heterocycles. The number of hydrogen-bond acceptors (Lipinski definition) is 1. The van der Waals surface area contributed by atoms with E-state index >= 15 is 0 Å². The summed E-state index contributed by atoms with van der Waals surface area (Å²) in [5.41, 5.74) is 0. The molecular weight excluding hydrogens is 449 g/mol. The Bertz CT molecular complexity index is 162. The van der Waals surface area contributed by atoms with Crippen LogP contribution in [0.15, 0.2) is 30.3 Å². The van der Waals surface area contributed by atoms with E-state index in [0.717, 1.165) is 25.9 Å². The average Bonchev–Trinajstić information content (AvgIpc) is 1.90. The van der Waals surface area contributed by atoms with Crippen LogP contribution in [-0.2, 0) is 20.2 Å². The maximum absolute atomic E-state index is 5.00. The van der Waals surface area contributed by atoms with Crippen LogP contribution in [0.2, 0.25) is 0 Å². The van der Waals surface area contributed by atoms with E-state index in [1.54, 1.807) is 0 Å². The summed E-state index contributed by atoms with van der Waals surface area (Å²) >= 11 is 1.13. The van der Waals surface area contributed by atoms with Crippen molar-refractivity contribution in [3.8, 4) is 5.75 Å². The van der Waals surface area contributed by atoms with Crippen LogP contribution in [0.4, 0.5) is 0 Å². The van der Waals surface area contributed by atoms with E-state index in [9.17, 15) is 0 Å². The van der Waals surface area contributed by atoms with Crippen LogP contribution in [0.5, 0.6) is 5.75 Å². The van der Waals surface area contributed by atoms with Crippen LogP contribution in [0.1, 0.15) is 0 Å². The Morgan fingerprint density at radius 1 is 0.769 bits per heavy atom. The van der Waals surface area contributed by atoms with Gasteiger partial charge in [0.2, 0.25) is 0 Å². The minimum absolute atomic E-state index is 0. The maximum atomic E-state index is 5.00. The first kappa shape index (κ1) is 29.2. The van der Waals surface area contributed by atoms with Crippen LogP contribution < -0.4 is 65.4 Å². The van der Waals surface area contributed by atoms with Gasteiger partial charge in [0.25, 0.3) is 0 Å². The van der Waals surface area contributed by atoms with Crippen molar-refractivity contribution >= 4 is 0 Å². The summed E-state index contributed by atoms with van der Waals surface area (Å²) in [6.07, 6.45) is 0. The molecule has 0 amide bonds. The average molecular weight is 454 g/mol. The first-order valence-electron chi connectivity index (χ1n) is 2.28. The van der Waals surface area contributed by atoms with Gasteiger partial charge in [0.05, 0.1) is 0 Å². The Morgan fingerprint density at radius 2 is 1.15 bits per heavy atom. The molecule has 0 spiro atoms. The van der Waals surface area contributed by atoms with Gasteiger partial charge in [-0.05, 0) is 0 Å². The molecule has 7 heteroatoms. The van der Waals surface area contributed by atoms with E-state index in [1.807, 2.05) is 30.3 Å². The van der Waals surface area contributed by atoms with Gasteiger partial charge < -0.3 is 62.0 Å². The molecule has 0 bridgehead atoms. The summed E-state index contributed by atoms with van der Waals surface area (Å²) < 4.78 is 5.00. The van der Waals surface area contributed by atoms with Crippen LogP contribution in [0.3, 0.4) is 0 Å². The second kappa shape index (κ2) is 18.8. The topological polar surface area (TPSA) is 9.23 Å². The molecule has 0 fully saturated rings. The van der Waals surface area contributed by atoms with E-state index in [-0.39, 0.29) is 62.0 Å². The fraction of sp³-hybridized carbons (Fsp3) is 0. The van der Waals surface area contributed by atoms with Crippen molar-refractivity contribution in [2.24, 2.45) is 0 Å². The molecular formula is C6H5Cl5OW. The van der Waals surface area contributed by atoms with Crippen molar-refractivity contribution < 1.29 is 85.6 Å². The van der Waals surface area contributed by atoms with Gasteiger partial charge in [0, 0.05) is 0 Å². The number of benzene rings is 1. The third-order valence-electron chi connectivity index (χ3n) is 0.839. The van der Waals surface area contributed by atoms with Gasteiger partial charge in [-0.25, -0.2) is 0 Å². The Kier molecular flexibility index (Phi) is 42.4. The Morgan fingerprint density at radius 3 is 1.38 bits per heavy atom. The number of halogens is 5. The summed E-state index contributed by atoms with van der Waals surface area (Å²) in [5, 5.41) is 0. The SMILES string of the molecule is [Cl-].[Cl-].[Cl-].[Cl-].[Cl-].[W+5][O]c1ccccc1. The van der Waals surface area contributed by atoms with Crippen LogP contribution >= 0.6 is 0 Å². The number of hydrogen-bond donors (Lipinski definition) is 0. The van der Waals surface area contributed by atoms with Gasteiger partial charge in [0.15, 0.2) is 0 Å². The van der Waals surface area contributed by atoms with Crippen molar-refractivity contribution in [1.29, 1.82) is 0 Å². The van der Waals surface area contributed by atoms with Crippen LogP contribution in [0.25, 0.3) is 0 Å². The molecule has 0 saturated carbocycles. The first-order chi connectivity index (χ1) is 3.93. The molecule has 0 aliphatic carbocycles. The molecule has 0 N–H and O–H groups in total. The van der Waals surface area contributed by atoms with Gasteiger partial charge in [-0.1, -0.05) is 0 Å². The quantitative estimate of drug-likeness (QED) is 0.410. The summed E-state index contributed by atoms with van der Waals surface area (Å²) in [4.78, 5) is 0. The normalized spacial score (nSPS) is 5.38. The standard InChI is InChI=1S/C6H6O.5ClH.W/c7-6-4-2-1-3-5-6;;;;;;/h1-5,7H;5*1H;/q;;;;;;+6/p-6. The second-order valence-electron chi connectivity index (χ2n) is 1.40. The van der Waals surface area contributed by atoms with E-state index in [1.165, 1.54) is 0 Å². The van der Waals surface area contributed by atoms with E-state index in [2.05, 4.69) is 0 Å². The number of rotatable bonds is 1. The Balaban J connectivity index is -0.0000000427.